The second-order valence-corrected chi connectivity index (χ2v) is 5.28. The number of aromatic carboxylic acids is 1. The summed E-state index contributed by atoms with van der Waals surface area (Å²) in [5, 5.41) is 14.3. The molecular formula is C13H11N3O2S. The second-order valence-electron chi connectivity index (χ2n) is 4.32. The Bertz CT molecular complexity index is 788. The molecule has 0 amide bonds. The van der Waals surface area contributed by atoms with E-state index in [0.717, 1.165) is 16.1 Å². The fourth-order valence-electron chi connectivity index (χ4n) is 1.99. The molecule has 96 valence electrons. The van der Waals surface area contributed by atoms with Crippen LogP contribution in [-0.4, -0.2) is 25.7 Å². The van der Waals surface area contributed by atoms with Gasteiger partial charge in [-0.1, -0.05) is 35.1 Å². The maximum absolute atomic E-state index is 11.2. The van der Waals surface area contributed by atoms with Crippen molar-refractivity contribution in [3.05, 3.63) is 41.2 Å². The van der Waals surface area contributed by atoms with Gasteiger partial charge in [0.25, 0.3) is 0 Å². The maximum Gasteiger partial charge on any atom is 0.356 e. The largest absolute Gasteiger partial charge is 0.476 e. The molecule has 0 atom stereocenters. The monoisotopic (exact) mass is 273 g/mol. The molecule has 2 aromatic heterocycles. The van der Waals surface area contributed by atoms with Crippen molar-refractivity contribution in [3.63, 3.8) is 0 Å². The zero-order valence-corrected chi connectivity index (χ0v) is 11.2. The molecule has 1 N–H and O–H groups in total. The van der Waals surface area contributed by atoms with Gasteiger partial charge in [0.05, 0.1) is 5.69 Å². The summed E-state index contributed by atoms with van der Waals surface area (Å²) in [5.74, 6) is -1.01. The van der Waals surface area contributed by atoms with Crippen LogP contribution in [0.5, 0.6) is 0 Å². The summed E-state index contributed by atoms with van der Waals surface area (Å²) in [7, 11) is 0. The van der Waals surface area contributed by atoms with E-state index in [0.29, 0.717) is 10.7 Å². The summed E-state index contributed by atoms with van der Waals surface area (Å²) in [6, 6.07) is 7.94. The maximum atomic E-state index is 11.2. The van der Waals surface area contributed by atoms with Crippen LogP contribution in [0, 0.1) is 13.8 Å². The van der Waals surface area contributed by atoms with Gasteiger partial charge in [-0.3, -0.25) is 0 Å². The quantitative estimate of drug-likeness (QED) is 0.779. The highest BCUT2D eigenvalue weighted by molar-refractivity contribution is 7.19. The number of rotatable bonds is 2. The number of fused-ring (bicyclic) bond motifs is 1. The minimum absolute atomic E-state index is 0.130. The number of nitrogens with zero attached hydrogens (tertiary/aromatic N) is 3. The van der Waals surface area contributed by atoms with Gasteiger partial charge in [0.15, 0.2) is 5.69 Å². The SMILES string of the molecule is Cc1cccc(-c2nn3c(C(=O)O)c(C)nc3s2)c1. The number of benzene rings is 1. The Kier molecular flexibility index (Phi) is 2.60. The van der Waals surface area contributed by atoms with E-state index < -0.39 is 5.97 Å². The van der Waals surface area contributed by atoms with Crippen molar-refractivity contribution in [2.75, 3.05) is 0 Å². The number of carboxylic acids is 1. The number of hydrogen-bond donors (Lipinski definition) is 1. The van der Waals surface area contributed by atoms with E-state index in [9.17, 15) is 9.90 Å². The predicted octanol–water partition coefficient (Wildman–Crippen LogP) is 2.77. The first-order valence-electron chi connectivity index (χ1n) is 5.73. The van der Waals surface area contributed by atoms with Gasteiger partial charge in [0.1, 0.15) is 5.01 Å². The van der Waals surface area contributed by atoms with Crippen LogP contribution in [0.15, 0.2) is 24.3 Å². The zero-order valence-electron chi connectivity index (χ0n) is 10.4. The third kappa shape index (κ3) is 1.90. The fourth-order valence-corrected chi connectivity index (χ4v) is 2.93. The number of carbonyl (C=O) groups is 1. The molecule has 5 nitrogen and oxygen atoms in total. The molecule has 0 spiro atoms. The molecule has 6 heteroatoms. The van der Waals surface area contributed by atoms with Gasteiger partial charge in [0, 0.05) is 5.56 Å². The highest BCUT2D eigenvalue weighted by Crippen LogP contribution is 2.27. The average molecular weight is 273 g/mol. The highest BCUT2D eigenvalue weighted by atomic mass is 32.1. The van der Waals surface area contributed by atoms with Crippen LogP contribution in [0.2, 0.25) is 0 Å². The second kappa shape index (κ2) is 4.17. The summed E-state index contributed by atoms with van der Waals surface area (Å²) in [4.78, 5) is 16.0. The van der Waals surface area contributed by atoms with E-state index in [1.54, 1.807) is 6.92 Å². The van der Waals surface area contributed by atoms with E-state index in [1.165, 1.54) is 15.9 Å². The molecule has 3 aromatic rings. The molecular weight excluding hydrogens is 262 g/mol. The van der Waals surface area contributed by atoms with Gasteiger partial charge < -0.3 is 5.11 Å². The lowest BCUT2D eigenvalue weighted by atomic mass is 10.1. The molecule has 0 aliphatic heterocycles. The molecule has 0 bridgehead atoms. The summed E-state index contributed by atoms with van der Waals surface area (Å²) < 4.78 is 1.40. The van der Waals surface area contributed by atoms with Gasteiger partial charge in [-0.15, -0.1) is 0 Å². The smallest absolute Gasteiger partial charge is 0.356 e. The Morgan fingerprint density at radius 1 is 1.37 bits per heavy atom. The Balaban J connectivity index is 2.20. The van der Waals surface area contributed by atoms with Crippen molar-refractivity contribution >= 4 is 22.3 Å². The number of aromatic nitrogens is 3. The summed E-state index contributed by atoms with van der Waals surface area (Å²) in [6.45, 7) is 3.69. The van der Waals surface area contributed by atoms with E-state index in [1.807, 2.05) is 31.2 Å². The number of aryl methyl sites for hydroxylation is 2. The van der Waals surface area contributed by atoms with Gasteiger partial charge in [0.2, 0.25) is 4.96 Å². The molecule has 19 heavy (non-hydrogen) atoms. The van der Waals surface area contributed by atoms with Gasteiger partial charge in [-0.05, 0) is 19.9 Å². The van der Waals surface area contributed by atoms with Crippen molar-refractivity contribution < 1.29 is 9.90 Å². The Hall–Kier alpha value is -2.21. The Morgan fingerprint density at radius 2 is 2.16 bits per heavy atom. The summed E-state index contributed by atoms with van der Waals surface area (Å²) in [5.41, 5.74) is 2.73. The lowest BCUT2D eigenvalue weighted by Gasteiger charge is -1.97. The van der Waals surface area contributed by atoms with Crippen LogP contribution in [0.1, 0.15) is 21.7 Å². The van der Waals surface area contributed by atoms with Crippen molar-refractivity contribution in [2.45, 2.75) is 13.8 Å². The first-order valence-corrected chi connectivity index (χ1v) is 6.54. The third-order valence-corrected chi connectivity index (χ3v) is 3.80. The van der Waals surface area contributed by atoms with Gasteiger partial charge >= 0.3 is 5.97 Å². The Labute approximate surface area is 113 Å². The number of hydrogen-bond acceptors (Lipinski definition) is 4. The normalized spacial score (nSPS) is 11.1. The molecule has 0 saturated heterocycles. The van der Waals surface area contributed by atoms with E-state index in [4.69, 9.17) is 0 Å². The fraction of sp³-hybridized carbons (Fsp3) is 0.154. The number of imidazole rings is 1. The van der Waals surface area contributed by atoms with Gasteiger partial charge in [-0.25, -0.2) is 9.78 Å². The first kappa shape index (κ1) is 11.9. The zero-order chi connectivity index (χ0) is 13.6. The first-order chi connectivity index (χ1) is 9.06. The molecule has 0 fully saturated rings. The molecule has 3 rings (SSSR count). The minimum Gasteiger partial charge on any atom is -0.476 e. The molecule has 1 aromatic carbocycles. The summed E-state index contributed by atoms with van der Waals surface area (Å²) >= 11 is 1.39. The van der Waals surface area contributed by atoms with E-state index >= 15 is 0 Å². The molecule has 0 aliphatic carbocycles. The molecule has 0 unspecified atom stereocenters. The van der Waals surface area contributed by atoms with Crippen LogP contribution in [0.4, 0.5) is 0 Å². The van der Waals surface area contributed by atoms with Crippen LogP contribution < -0.4 is 0 Å². The van der Waals surface area contributed by atoms with Crippen molar-refractivity contribution in [1.29, 1.82) is 0 Å². The van der Waals surface area contributed by atoms with Crippen LogP contribution in [0.25, 0.3) is 15.5 Å². The van der Waals surface area contributed by atoms with Crippen LogP contribution >= 0.6 is 11.3 Å². The van der Waals surface area contributed by atoms with E-state index in [-0.39, 0.29) is 5.69 Å². The summed E-state index contributed by atoms with van der Waals surface area (Å²) in [6.07, 6.45) is 0. The third-order valence-electron chi connectivity index (χ3n) is 2.85. The molecule has 2 heterocycles. The van der Waals surface area contributed by atoms with Crippen molar-refractivity contribution in [1.82, 2.24) is 14.6 Å². The molecule has 0 saturated carbocycles. The minimum atomic E-state index is -1.01. The van der Waals surface area contributed by atoms with Crippen LogP contribution in [0.3, 0.4) is 0 Å². The highest BCUT2D eigenvalue weighted by Gasteiger charge is 2.19. The topological polar surface area (TPSA) is 67.5 Å². The van der Waals surface area contributed by atoms with E-state index in [2.05, 4.69) is 10.1 Å². The standard InChI is InChI=1S/C13H11N3O2S/c1-7-4-3-5-9(6-7)11-15-16-10(12(17)18)8(2)14-13(16)19-11/h3-6H,1-2H3,(H,17,18). The van der Waals surface area contributed by atoms with Crippen LogP contribution in [-0.2, 0) is 0 Å². The Morgan fingerprint density at radius 3 is 2.84 bits per heavy atom. The van der Waals surface area contributed by atoms with Crippen molar-refractivity contribution in [3.8, 4) is 10.6 Å². The lowest BCUT2D eigenvalue weighted by Crippen LogP contribution is -2.04. The molecule has 0 radical (unpaired) electrons. The molecule has 0 aliphatic rings. The lowest BCUT2D eigenvalue weighted by molar-refractivity contribution is 0.0687. The predicted molar refractivity (Wildman–Crippen MR) is 72.7 cm³/mol. The average Bonchev–Trinajstić information content (AvgIpc) is 2.84. The van der Waals surface area contributed by atoms with Gasteiger partial charge in [-0.2, -0.15) is 9.61 Å². The van der Waals surface area contributed by atoms with Crippen molar-refractivity contribution in [2.24, 2.45) is 0 Å². The number of carboxylic acid groups (broad SMARTS) is 1.